The minimum absolute atomic E-state index is 0.149. The van der Waals surface area contributed by atoms with Gasteiger partial charge in [-0.3, -0.25) is 9.69 Å². The highest BCUT2D eigenvalue weighted by Crippen LogP contribution is 2.51. The number of hydrogen-bond donors (Lipinski definition) is 0. The zero-order valence-corrected chi connectivity index (χ0v) is 15.0. The van der Waals surface area contributed by atoms with Crippen LogP contribution in [0.5, 0.6) is 0 Å². The van der Waals surface area contributed by atoms with E-state index in [0.29, 0.717) is 24.1 Å². The van der Waals surface area contributed by atoms with E-state index in [1.54, 1.807) is 12.1 Å². The average Bonchev–Trinajstić information content (AvgIpc) is 3.34. The highest BCUT2D eigenvalue weighted by Gasteiger charge is 2.52. The molecule has 0 radical (unpaired) electrons. The van der Waals surface area contributed by atoms with Crippen molar-refractivity contribution >= 4 is 23.4 Å². The van der Waals surface area contributed by atoms with Gasteiger partial charge < -0.3 is 14.2 Å². The van der Waals surface area contributed by atoms with Crippen molar-refractivity contribution in [3.05, 3.63) is 41.3 Å². The molecule has 3 aliphatic rings. The zero-order valence-electron chi connectivity index (χ0n) is 15.0. The minimum atomic E-state index is -3.26. The third-order valence-corrected chi connectivity index (χ3v) is 5.80. The second kappa shape index (κ2) is 5.76. The summed E-state index contributed by atoms with van der Waals surface area (Å²) < 4.78 is 39.9. The van der Waals surface area contributed by atoms with Gasteiger partial charge in [-0.15, -0.1) is 0 Å². The molecule has 0 spiro atoms. The van der Waals surface area contributed by atoms with Gasteiger partial charge in [0, 0.05) is 13.1 Å². The molecule has 7 nitrogen and oxygen atoms in total. The van der Waals surface area contributed by atoms with Crippen molar-refractivity contribution in [2.75, 3.05) is 16.8 Å². The van der Waals surface area contributed by atoms with Crippen LogP contribution in [0.2, 0.25) is 0 Å². The molecule has 9 heteroatoms. The summed E-state index contributed by atoms with van der Waals surface area (Å²) in [6.45, 7) is 0. The Morgan fingerprint density at radius 3 is 2.79 bits per heavy atom. The predicted octanol–water partition coefficient (Wildman–Crippen LogP) is 3.02. The number of aromatic nitrogens is 1. The lowest BCUT2D eigenvalue weighted by atomic mass is 9.90. The normalized spacial score (nSPS) is 24.8. The molecule has 0 N–H and O–H groups in total. The first-order valence-electron chi connectivity index (χ1n) is 9.06. The molecule has 1 aromatic carbocycles. The third kappa shape index (κ3) is 2.35. The van der Waals surface area contributed by atoms with Gasteiger partial charge in [0.1, 0.15) is 12.4 Å². The van der Waals surface area contributed by atoms with Gasteiger partial charge in [0.05, 0.1) is 35.1 Å². The van der Waals surface area contributed by atoms with E-state index in [2.05, 4.69) is 5.16 Å². The number of fused-ring (bicyclic) bond motifs is 5. The van der Waals surface area contributed by atoms with Gasteiger partial charge in [-0.1, -0.05) is 5.16 Å². The number of alkyl halides is 2. The van der Waals surface area contributed by atoms with Crippen LogP contribution in [0.3, 0.4) is 0 Å². The standard InChI is InChI=1S/C19H17F2N3O4/c1-23-13-4-3-12-11(17(13)19(20,21)9-16(23)25)8-14-15(28-18(26)24(12)14)5-2-10-6-7-27-22-10/h3-4,6-7,14-15H,2,5,8-9H2,1H3/t14-,15-/m0/s1. The van der Waals surface area contributed by atoms with Crippen LogP contribution in [-0.4, -0.2) is 36.4 Å². The Hall–Kier alpha value is -2.97. The largest absolute Gasteiger partial charge is 0.444 e. The summed E-state index contributed by atoms with van der Waals surface area (Å²) in [5.41, 5.74) is 1.67. The van der Waals surface area contributed by atoms with E-state index in [-0.39, 0.29) is 23.7 Å². The number of carbonyl (C=O) groups excluding carboxylic acids is 2. The van der Waals surface area contributed by atoms with E-state index < -0.39 is 30.4 Å². The Balaban J connectivity index is 1.50. The lowest BCUT2D eigenvalue weighted by Crippen LogP contribution is -2.39. The number of amides is 2. The maximum absolute atomic E-state index is 14.8. The van der Waals surface area contributed by atoms with E-state index in [1.165, 1.54) is 29.2 Å². The number of aryl methyl sites for hydroxylation is 1. The van der Waals surface area contributed by atoms with E-state index in [9.17, 15) is 18.4 Å². The second-order valence-corrected chi connectivity index (χ2v) is 7.38. The fraction of sp³-hybridized carbons (Fsp3) is 0.421. The molecule has 0 saturated carbocycles. The van der Waals surface area contributed by atoms with E-state index in [4.69, 9.17) is 9.26 Å². The molecule has 2 aromatic rings. The van der Waals surface area contributed by atoms with Gasteiger partial charge in [-0.25, -0.2) is 13.6 Å². The van der Waals surface area contributed by atoms with Crippen molar-refractivity contribution in [2.45, 2.75) is 43.8 Å². The molecule has 146 valence electrons. The third-order valence-electron chi connectivity index (χ3n) is 5.80. The summed E-state index contributed by atoms with van der Waals surface area (Å²) in [5, 5.41) is 3.85. The van der Waals surface area contributed by atoms with Crippen molar-refractivity contribution < 1.29 is 27.6 Å². The van der Waals surface area contributed by atoms with Gasteiger partial charge in [0.2, 0.25) is 5.91 Å². The topological polar surface area (TPSA) is 75.9 Å². The molecule has 4 heterocycles. The smallest absolute Gasteiger partial charge is 0.415 e. The Labute approximate surface area is 158 Å². The molecule has 0 bridgehead atoms. The fourth-order valence-corrected chi connectivity index (χ4v) is 4.46. The Morgan fingerprint density at radius 2 is 2.04 bits per heavy atom. The van der Waals surface area contributed by atoms with Gasteiger partial charge in [0.15, 0.2) is 0 Å². The first kappa shape index (κ1) is 17.2. The zero-order chi connectivity index (χ0) is 19.6. The SMILES string of the molecule is CN1C(=O)CC(F)(F)c2c1ccc1c2C[C@H]2[C@H](CCc3ccon3)OC(=O)N12. The average molecular weight is 389 g/mol. The van der Waals surface area contributed by atoms with Crippen LogP contribution in [0, 0.1) is 0 Å². The summed E-state index contributed by atoms with van der Waals surface area (Å²) in [6.07, 6.45) is 0.995. The van der Waals surface area contributed by atoms with Crippen molar-refractivity contribution in [2.24, 2.45) is 0 Å². The van der Waals surface area contributed by atoms with Gasteiger partial charge in [0.25, 0.3) is 5.92 Å². The molecule has 1 saturated heterocycles. The van der Waals surface area contributed by atoms with E-state index in [1.807, 2.05) is 0 Å². The molecular weight excluding hydrogens is 372 g/mol. The maximum atomic E-state index is 14.8. The van der Waals surface area contributed by atoms with Crippen LogP contribution in [0.25, 0.3) is 0 Å². The predicted molar refractivity (Wildman–Crippen MR) is 93.4 cm³/mol. The maximum Gasteiger partial charge on any atom is 0.415 e. The number of ether oxygens (including phenoxy) is 1. The number of anilines is 2. The molecule has 5 rings (SSSR count). The number of benzene rings is 1. The van der Waals surface area contributed by atoms with Crippen LogP contribution in [0.4, 0.5) is 25.0 Å². The lowest BCUT2D eigenvalue weighted by Gasteiger charge is -2.33. The lowest BCUT2D eigenvalue weighted by molar-refractivity contribution is -0.127. The van der Waals surface area contributed by atoms with Crippen molar-refractivity contribution in [1.29, 1.82) is 0 Å². The number of carbonyl (C=O) groups is 2. The Morgan fingerprint density at radius 1 is 1.25 bits per heavy atom. The summed E-state index contributed by atoms with van der Waals surface area (Å²) in [7, 11) is 1.49. The van der Waals surface area contributed by atoms with E-state index >= 15 is 0 Å². The number of hydrogen-bond acceptors (Lipinski definition) is 5. The molecule has 2 amide bonds. The van der Waals surface area contributed by atoms with Crippen molar-refractivity contribution in [3.8, 4) is 0 Å². The second-order valence-electron chi connectivity index (χ2n) is 7.38. The monoisotopic (exact) mass is 389 g/mol. The highest BCUT2D eigenvalue weighted by atomic mass is 19.3. The fourth-order valence-electron chi connectivity index (χ4n) is 4.46. The minimum Gasteiger partial charge on any atom is -0.444 e. The summed E-state index contributed by atoms with van der Waals surface area (Å²) >= 11 is 0. The van der Waals surface area contributed by atoms with E-state index in [0.717, 1.165) is 5.69 Å². The molecule has 0 unspecified atom stereocenters. The van der Waals surface area contributed by atoms with Gasteiger partial charge >= 0.3 is 6.09 Å². The summed E-state index contributed by atoms with van der Waals surface area (Å²) in [5.74, 6) is -3.88. The first-order chi connectivity index (χ1) is 13.4. The van der Waals surface area contributed by atoms with Crippen LogP contribution in [-0.2, 0) is 28.3 Å². The van der Waals surface area contributed by atoms with Crippen molar-refractivity contribution in [3.63, 3.8) is 0 Å². The molecule has 28 heavy (non-hydrogen) atoms. The summed E-state index contributed by atoms with van der Waals surface area (Å²) in [4.78, 5) is 27.1. The molecule has 1 aromatic heterocycles. The van der Waals surface area contributed by atoms with Crippen LogP contribution < -0.4 is 9.80 Å². The quantitative estimate of drug-likeness (QED) is 0.807. The summed E-state index contributed by atoms with van der Waals surface area (Å²) in [6, 6.07) is 4.50. The number of rotatable bonds is 3. The number of nitrogens with zero attached hydrogens (tertiary/aromatic N) is 3. The molecular formula is C19H17F2N3O4. The van der Waals surface area contributed by atoms with Crippen LogP contribution in [0.15, 0.2) is 29.0 Å². The van der Waals surface area contributed by atoms with Gasteiger partial charge in [-0.2, -0.15) is 0 Å². The molecule has 1 fully saturated rings. The van der Waals surface area contributed by atoms with Crippen molar-refractivity contribution in [1.82, 2.24) is 5.16 Å². The van der Waals surface area contributed by atoms with Crippen LogP contribution >= 0.6 is 0 Å². The number of cyclic esters (lactones) is 1. The highest BCUT2D eigenvalue weighted by molar-refractivity contribution is 6.00. The Bertz CT molecular complexity index is 976. The van der Waals surface area contributed by atoms with Gasteiger partial charge in [-0.05, 0) is 37.0 Å². The molecule has 0 aliphatic carbocycles. The molecule has 3 aliphatic heterocycles. The molecule has 2 atom stereocenters. The number of halogens is 2. The van der Waals surface area contributed by atoms with Crippen LogP contribution in [0.1, 0.15) is 29.7 Å². The first-order valence-corrected chi connectivity index (χ1v) is 9.06. The Kier molecular flexibility index (Phi) is 3.53.